The van der Waals surface area contributed by atoms with Crippen LogP contribution in [0.15, 0.2) is 18.3 Å². The lowest BCUT2D eigenvalue weighted by Gasteiger charge is -2.25. The van der Waals surface area contributed by atoms with Crippen LogP contribution in [0, 0.1) is 0 Å². The molecular formula is C15H19N3O4. The van der Waals surface area contributed by atoms with E-state index in [1.807, 2.05) is 0 Å². The molecule has 0 bridgehead atoms. The minimum Gasteiger partial charge on any atom is -0.480 e. The molecule has 7 heteroatoms. The van der Waals surface area contributed by atoms with E-state index in [2.05, 4.69) is 10.3 Å². The van der Waals surface area contributed by atoms with E-state index in [0.29, 0.717) is 37.5 Å². The predicted molar refractivity (Wildman–Crippen MR) is 77.8 cm³/mol. The first-order valence-corrected chi connectivity index (χ1v) is 7.39. The molecule has 22 heavy (non-hydrogen) atoms. The van der Waals surface area contributed by atoms with Gasteiger partial charge in [-0.05, 0) is 25.0 Å². The van der Waals surface area contributed by atoms with E-state index in [4.69, 9.17) is 9.47 Å². The molecule has 0 saturated carbocycles. The fourth-order valence-electron chi connectivity index (χ4n) is 3.04. The van der Waals surface area contributed by atoms with Crippen molar-refractivity contribution in [3.05, 3.63) is 23.9 Å². The first kappa shape index (κ1) is 14.6. The summed E-state index contributed by atoms with van der Waals surface area (Å²) in [6.45, 7) is 1.70. The first-order chi connectivity index (χ1) is 10.6. The molecule has 1 spiro atoms. The first-order valence-electron chi connectivity index (χ1n) is 7.39. The maximum absolute atomic E-state index is 12.7. The van der Waals surface area contributed by atoms with E-state index < -0.39 is 5.60 Å². The van der Waals surface area contributed by atoms with Gasteiger partial charge in [-0.25, -0.2) is 9.78 Å². The van der Waals surface area contributed by atoms with E-state index in [0.717, 1.165) is 12.8 Å². The molecule has 0 aliphatic carbocycles. The summed E-state index contributed by atoms with van der Waals surface area (Å²) in [5.74, 6) is 0.236. The molecule has 1 atom stereocenters. The SMILES string of the molecule is COc1ncccc1C(=O)N1CCC[C@]2(CC1)CNC(=O)O2. The molecule has 2 aliphatic rings. The zero-order valence-corrected chi connectivity index (χ0v) is 12.5. The van der Waals surface area contributed by atoms with Crippen molar-refractivity contribution in [2.45, 2.75) is 24.9 Å². The fourth-order valence-corrected chi connectivity index (χ4v) is 3.04. The number of methoxy groups -OCH3 is 1. The maximum atomic E-state index is 12.7. The third-order valence-electron chi connectivity index (χ3n) is 4.24. The number of ether oxygens (including phenoxy) is 2. The lowest BCUT2D eigenvalue weighted by atomic mass is 9.95. The number of aromatic nitrogens is 1. The zero-order valence-electron chi connectivity index (χ0n) is 12.5. The molecule has 118 valence electrons. The molecule has 1 N–H and O–H groups in total. The normalized spacial score (nSPS) is 24.6. The number of nitrogens with one attached hydrogen (secondary N) is 1. The third kappa shape index (κ3) is 2.70. The van der Waals surface area contributed by atoms with Crippen molar-refractivity contribution in [3.63, 3.8) is 0 Å². The summed E-state index contributed by atoms with van der Waals surface area (Å²) in [4.78, 5) is 29.8. The molecule has 1 aromatic rings. The van der Waals surface area contributed by atoms with Crippen molar-refractivity contribution in [2.24, 2.45) is 0 Å². The lowest BCUT2D eigenvalue weighted by Crippen LogP contribution is -2.36. The number of hydrogen-bond acceptors (Lipinski definition) is 5. The van der Waals surface area contributed by atoms with Gasteiger partial charge in [-0.15, -0.1) is 0 Å². The number of hydrogen-bond donors (Lipinski definition) is 1. The van der Waals surface area contributed by atoms with Gasteiger partial charge in [0, 0.05) is 25.7 Å². The Morgan fingerprint density at radius 2 is 2.32 bits per heavy atom. The lowest BCUT2D eigenvalue weighted by molar-refractivity contribution is 0.0438. The fraction of sp³-hybridized carbons (Fsp3) is 0.533. The van der Waals surface area contributed by atoms with Crippen LogP contribution in [0.4, 0.5) is 4.79 Å². The Bertz CT molecular complexity index is 592. The molecule has 2 aliphatic heterocycles. The van der Waals surface area contributed by atoms with Gasteiger partial charge in [0.1, 0.15) is 11.2 Å². The molecule has 3 rings (SSSR count). The molecule has 7 nitrogen and oxygen atoms in total. The monoisotopic (exact) mass is 305 g/mol. The number of pyridine rings is 1. The predicted octanol–water partition coefficient (Wildman–Crippen LogP) is 1.19. The average molecular weight is 305 g/mol. The number of likely N-dealkylation sites (tertiary alicyclic amines) is 1. The number of nitrogens with zero attached hydrogens (tertiary/aromatic N) is 2. The number of rotatable bonds is 2. The van der Waals surface area contributed by atoms with Crippen molar-refractivity contribution in [3.8, 4) is 5.88 Å². The summed E-state index contributed by atoms with van der Waals surface area (Å²) < 4.78 is 10.6. The van der Waals surface area contributed by atoms with Crippen molar-refractivity contribution in [2.75, 3.05) is 26.7 Å². The zero-order chi connectivity index (χ0) is 15.6. The molecule has 0 radical (unpaired) electrons. The molecule has 0 aromatic carbocycles. The Morgan fingerprint density at radius 3 is 3.05 bits per heavy atom. The number of carbonyl (C=O) groups is 2. The summed E-state index contributed by atoms with van der Waals surface area (Å²) in [6, 6.07) is 3.43. The van der Waals surface area contributed by atoms with Gasteiger partial charge in [-0.1, -0.05) is 0 Å². The highest BCUT2D eigenvalue weighted by Gasteiger charge is 2.42. The van der Waals surface area contributed by atoms with E-state index in [1.54, 1.807) is 23.2 Å². The second-order valence-electron chi connectivity index (χ2n) is 5.63. The van der Waals surface area contributed by atoms with Crippen LogP contribution >= 0.6 is 0 Å². The van der Waals surface area contributed by atoms with Crippen LogP contribution in [-0.4, -0.2) is 54.2 Å². The Labute approximate surface area is 128 Å². The highest BCUT2D eigenvalue weighted by atomic mass is 16.6. The van der Waals surface area contributed by atoms with Crippen LogP contribution in [0.3, 0.4) is 0 Å². The second kappa shape index (κ2) is 5.82. The number of carbonyl (C=O) groups excluding carboxylic acids is 2. The standard InChI is InChI=1S/C15H19N3O4/c1-21-12-11(4-2-7-16-12)13(19)18-8-3-5-15(6-9-18)10-17-14(20)22-15/h2,4,7H,3,5-6,8-10H2,1H3,(H,17,20)/t15-/m0/s1. The summed E-state index contributed by atoms with van der Waals surface area (Å²) in [7, 11) is 1.50. The van der Waals surface area contributed by atoms with Crippen LogP contribution in [0.25, 0.3) is 0 Å². The van der Waals surface area contributed by atoms with Crippen molar-refractivity contribution >= 4 is 12.0 Å². The second-order valence-corrected chi connectivity index (χ2v) is 5.63. The van der Waals surface area contributed by atoms with Gasteiger partial charge in [0.25, 0.3) is 5.91 Å². The molecule has 2 saturated heterocycles. The van der Waals surface area contributed by atoms with Gasteiger partial charge in [0.2, 0.25) is 5.88 Å². The molecule has 1 aromatic heterocycles. The Hall–Kier alpha value is -2.31. The van der Waals surface area contributed by atoms with Crippen molar-refractivity contribution in [1.29, 1.82) is 0 Å². The molecule has 0 unspecified atom stereocenters. The molecule has 2 amide bonds. The maximum Gasteiger partial charge on any atom is 0.407 e. The Balaban J connectivity index is 1.73. The number of amides is 2. The van der Waals surface area contributed by atoms with Crippen LogP contribution in [0.1, 0.15) is 29.6 Å². The minimum atomic E-state index is -0.467. The van der Waals surface area contributed by atoms with E-state index in [1.165, 1.54) is 7.11 Å². The summed E-state index contributed by atoms with van der Waals surface area (Å²) >= 11 is 0. The summed E-state index contributed by atoms with van der Waals surface area (Å²) in [6.07, 6.45) is 3.42. The van der Waals surface area contributed by atoms with Crippen molar-refractivity contribution in [1.82, 2.24) is 15.2 Å². The van der Waals surface area contributed by atoms with Gasteiger partial charge in [-0.2, -0.15) is 0 Å². The third-order valence-corrected chi connectivity index (χ3v) is 4.24. The van der Waals surface area contributed by atoms with E-state index >= 15 is 0 Å². The largest absolute Gasteiger partial charge is 0.480 e. The van der Waals surface area contributed by atoms with E-state index in [9.17, 15) is 9.59 Å². The van der Waals surface area contributed by atoms with Crippen LogP contribution in [0.5, 0.6) is 5.88 Å². The average Bonchev–Trinajstić information content (AvgIpc) is 2.78. The smallest absolute Gasteiger partial charge is 0.407 e. The highest BCUT2D eigenvalue weighted by molar-refractivity contribution is 5.96. The number of alkyl carbamates (subject to hydrolysis) is 1. The van der Waals surface area contributed by atoms with Gasteiger partial charge in [-0.3, -0.25) is 4.79 Å². The van der Waals surface area contributed by atoms with Crippen LogP contribution in [0.2, 0.25) is 0 Å². The summed E-state index contributed by atoms with van der Waals surface area (Å²) in [5, 5.41) is 2.71. The van der Waals surface area contributed by atoms with Gasteiger partial charge in [0.05, 0.1) is 13.7 Å². The topological polar surface area (TPSA) is 80.8 Å². The van der Waals surface area contributed by atoms with Crippen LogP contribution < -0.4 is 10.1 Å². The quantitative estimate of drug-likeness (QED) is 0.888. The van der Waals surface area contributed by atoms with Gasteiger partial charge < -0.3 is 19.7 Å². The highest BCUT2D eigenvalue weighted by Crippen LogP contribution is 2.30. The molecule has 2 fully saturated rings. The van der Waals surface area contributed by atoms with Crippen molar-refractivity contribution < 1.29 is 19.1 Å². The van der Waals surface area contributed by atoms with Gasteiger partial charge >= 0.3 is 6.09 Å². The van der Waals surface area contributed by atoms with Crippen LogP contribution in [-0.2, 0) is 4.74 Å². The Morgan fingerprint density at radius 1 is 1.45 bits per heavy atom. The van der Waals surface area contributed by atoms with E-state index in [-0.39, 0.29) is 12.0 Å². The summed E-state index contributed by atoms with van der Waals surface area (Å²) in [5.41, 5.74) is -0.00649. The molecule has 3 heterocycles. The molecular weight excluding hydrogens is 286 g/mol. The van der Waals surface area contributed by atoms with Gasteiger partial charge in [0.15, 0.2) is 0 Å². The Kier molecular flexibility index (Phi) is 3.87. The minimum absolute atomic E-state index is 0.0979.